The van der Waals surface area contributed by atoms with Crippen LogP contribution in [-0.4, -0.2) is 30.7 Å². The Morgan fingerprint density at radius 2 is 2.21 bits per heavy atom. The lowest BCUT2D eigenvalue weighted by Crippen LogP contribution is -2.39. The van der Waals surface area contributed by atoms with Crippen LogP contribution < -0.4 is 10.2 Å². The molecule has 19 heavy (non-hydrogen) atoms. The van der Waals surface area contributed by atoms with E-state index in [9.17, 15) is 0 Å². The van der Waals surface area contributed by atoms with Gasteiger partial charge in [0, 0.05) is 24.5 Å². The summed E-state index contributed by atoms with van der Waals surface area (Å²) in [6.07, 6.45) is 4.20. The SMILES string of the molecule is CC(C)N(CC1CCNCC1)c1ccnc(C#N)c1. The van der Waals surface area contributed by atoms with Gasteiger partial charge in [-0.2, -0.15) is 5.26 Å². The van der Waals surface area contributed by atoms with Crippen LogP contribution in [0.15, 0.2) is 18.3 Å². The van der Waals surface area contributed by atoms with Crippen LogP contribution in [-0.2, 0) is 0 Å². The average Bonchev–Trinajstić information content (AvgIpc) is 2.45. The van der Waals surface area contributed by atoms with E-state index >= 15 is 0 Å². The number of nitrogens with one attached hydrogen (secondary N) is 1. The topological polar surface area (TPSA) is 52.0 Å². The average molecular weight is 258 g/mol. The standard InChI is InChI=1S/C15H22N4/c1-12(2)19(11-13-3-6-17-7-4-13)15-5-8-18-14(9-15)10-16/h5,8-9,12-13,17H,3-4,6-7,11H2,1-2H3. The van der Waals surface area contributed by atoms with Crippen LogP contribution in [0, 0.1) is 17.2 Å². The van der Waals surface area contributed by atoms with Crippen LogP contribution in [0.4, 0.5) is 5.69 Å². The lowest BCUT2D eigenvalue weighted by Gasteiger charge is -2.34. The zero-order valence-corrected chi connectivity index (χ0v) is 11.8. The highest BCUT2D eigenvalue weighted by molar-refractivity contribution is 5.49. The molecule has 1 N–H and O–H groups in total. The Hall–Kier alpha value is -1.60. The van der Waals surface area contributed by atoms with Gasteiger partial charge in [0.2, 0.25) is 0 Å². The maximum atomic E-state index is 8.96. The molecule has 1 aromatic heterocycles. The molecular weight excluding hydrogens is 236 g/mol. The summed E-state index contributed by atoms with van der Waals surface area (Å²) in [6.45, 7) is 7.71. The van der Waals surface area contributed by atoms with Gasteiger partial charge >= 0.3 is 0 Å². The van der Waals surface area contributed by atoms with Crippen molar-refractivity contribution in [3.63, 3.8) is 0 Å². The van der Waals surface area contributed by atoms with E-state index in [4.69, 9.17) is 5.26 Å². The molecular formula is C15H22N4. The van der Waals surface area contributed by atoms with Crippen LogP contribution in [0.25, 0.3) is 0 Å². The third kappa shape index (κ3) is 3.68. The van der Waals surface area contributed by atoms with Crippen LogP contribution in [0.2, 0.25) is 0 Å². The molecule has 0 saturated carbocycles. The molecule has 1 aliphatic heterocycles. The summed E-state index contributed by atoms with van der Waals surface area (Å²) in [6, 6.07) is 6.44. The molecule has 1 fully saturated rings. The minimum Gasteiger partial charge on any atom is -0.369 e. The van der Waals surface area contributed by atoms with E-state index in [1.54, 1.807) is 6.20 Å². The molecule has 0 bridgehead atoms. The Balaban J connectivity index is 2.12. The molecule has 2 rings (SSSR count). The highest BCUT2D eigenvalue weighted by atomic mass is 15.2. The summed E-state index contributed by atoms with van der Waals surface area (Å²) in [5, 5.41) is 12.4. The van der Waals surface area contributed by atoms with Gasteiger partial charge in [-0.25, -0.2) is 4.98 Å². The molecule has 0 amide bonds. The van der Waals surface area contributed by atoms with Gasteiger partial charge in [0.1, 0.15) is 11.8 Å². The van der Waals surface area contributed by atoms with Crippen molar-refractivity contribution >= 4 is 5.69 Å². The van der Waals surface area contributed by atoms with Gasteiger partial charge in [-0.15, -0.1) is 0 Å². The number of hydrogen-bond donors (Lipinski definition) is 1. The second-order valence-electron chi connectivity index (χ2n) is 5.45. The molecule has 0 unspecified atom stereocenters. The Morgan fingerprint density at radius 1 is 1.47 bits per heavy atom. The molecule has 0 aromatic carbocycles. The summed E-state index contributed by atoms with van der Waals surface area (Å²) in [5.41, 5.74) is 1.61. The molecule has 1 aromatic rings. The van der Waals surface area contributed by atoms with Gasteiger partial charge in [-0.3, -0.25) is 0 Å². The molecule has 0 aliphatic carbocycles. The number of hydrogen-bond acceptors (Lipinski definition) is 4. The molecule has 102 valence electrons. The lowest BCUT2D eigenvalue weighted by molar-refractivity contribution is 0.368. The van der Waals surface area contributed by atoms with Crippen molar-refractivity contribution in [1.82, 2.24) is 10.3 Å². The second-order valence-corrected chi connectivity index (χ2v) is 5.45. The first-order valence-electron chi connectivity index (χ1n) is 7.04. The van der Waals surface area contributed by atoms with Gasteiger partial charge < -0.3 is 10.2 Å². The fourth-order valence-corrected chi connectivity index (χ4v) is 2.62. The fraction of sp³-hybridized carbons (Fsp3) is 0.600. The van der Waals surface area contributed by atoms with E-state index in [0.29, 0.717) is 11.7 Å². The molecule has 1 saturated heterocycles. The largest absolute Gasteiger partial charge is 0.369 e. The van der Waals surface area contributed by atoms with Crippen molar-refractivity contribution in [2.45, 2.75) is 32.7 Å². The summed E-state index contributed by atoms with van der Waals surface area (Å²) >= 11 is 0. The van der Waals surface area contributed by atoms with E-state index in [-0.39, 0.29) is 0 Å². The van der Waals surface area contributed by atoms with Crippen molar-refractivity contribution in [1.29, 1.82) is 5.26 Å². The van der Waals surface area contributed by atoms with Gasteiger partial charge in [0.05, 0.1) is 0 Å². The van der Waals surface area contributed by atoms with Gasteiger partial charge in [-0.05, 0) is 57.8 Å². The van der Waals surface area contributed by atoms with E-state index in [1.165, 1.54) is 12.8 Å². The first-order chi connectivity index (χ1) is 9.20. The Kier molecular flexibility index (Phi) is 4.75. The quantitative estimate of drug-likeness (QED) is 0.899. The zero-order valence-electron chi connectivity index (χ0n) is 11.8. The maximum absolute atomic E-state index is 8.96. The van der Waals surface area contributed by atoms with Crippen LogP contribution in [0.1, 0.15) is 32.4 Å². The predicted octanol–water partition coefficient (Wildman–Crippen LogP) is 2.17. The van der Waals surface area contributed by atoms with Crippen molar-refractivity contribution in [3.8, 4) is 6.07 Å². The Morgan fingerprint density at radius 3 is 2.84 bits per heavy atom. The molecule has 0 spiro atoms. The van der Waals surface area contributed by atoms with Crippen molar-refractivity contribution < 1.29 is 0 Å². The smallest absolute Gasteiger partial charge is 0.142 e. The van der Waals surface area contributed by atoms with Crippen LogP contribution >= 0.6 is 0 Å². The van der Waals surface area contributed by atoms with Crippen molar-refractivity contribution in [2.75, 3.05) is 24.5 Å². The fourth-order valence-electron chi connectivity index (χ4n) is 2.62. The summed E-state index contributed by atoms with van der Waals surface area (Å²) < 4.78 is 0. The number of rotatable bonds is 4. The summed E-state index contributed by atoms with van der Waals surface area (Å²) in [4.78, 5) is 6.44. The number of aromatic nitrogens is 1. The Labute approximate surface area is 115 Å². The molecule has 1 aliphatic rings. The minimum absolute atomic E-state index is 0.434. The molecule has 2 heterocycles. The summed E-state index contributed by atoms with van der Waals surface area (Å²) in [7, 11) is 0. The highest BCUT2D eigenvalue weighted by Gasteiger charge is 2.19. The maximum Gasteiger partial charge on any atom is 0.142 e. The van der Waals surface area contributed by atoms with Crippen LogP contribution in [0.5, 0.6) is 0 Å². The molecule has 0 atom stereocenters. The van der Waals surface area contributed by atoms with E-state index in [0.717, 1.165) is 31.2 Å². The molecule has 4 heteroatoms. The number of nitriles is 1. The second kappa shape index (κ2) is 6.53. The van der Waals surface area contributed by atoms with Crippen LogP contribution in [0.3, 0.4) is 0 Å². The lowest BCUT2D eigenvalue weighted by atomic mass is 9.96. The number of nitrogens with zero attached hydrogens (tertiary/aromatic N) is 3. The van der Waals surface area contributed by atoms with E-state index < -0.39 is 0 Å². The van der Waals surface area contributed by atoms with Crippen molar-refractivity contribution in [3.05, 3.63) is 24.0 Å². The zero-order chi connectivity index (χ0) is 13.7. The minimum atomic E-state index is 0.434. The molecule has 4 nitrogen and oxygen atoms in total. The number of anilines is 1. The van der Waals surface area contributed by atoms with Gasteiger partial charge in [0.15, 0.2) is 0 Å². The van der Waals surface area contributed by atoms with E-state index in [2.05, 4.69) is 35.1 Å². The van der Waals surface area contributed by atoms with E-state index in [1.807, 2.05) is 12.1 Å². The third-order valence-corrected chi connectivity index (χ3v) is 3.73. The van der Waals surface area contributed by atoms with Gasteiger partial charge in [-0.1, -0.05) is 0 Å². The predicted molar refractivity (Wildman–Crippen MR) is 77.0 cm³/mol. The third-order valence-electron chi connectivity index (χ3n) is 3.73. The monoisotopic (exact) mass is 258 g/mol. The highest BCUT2D eigenvalue weighted by Crippen LogP contribution is 2.22. The number of piperidine rings is 1. The normalized spacial score (nSPS) is 16.3. The van der Waals surface area contributed by atoms with Gasteiger partial charge in [0.25, 0.3) is 0 Å². The number of pyridine rings is 1. The first kappa shape index (κ1) is 13.8. The molecule has 0 radical (unpaired) electrons. The summed E-state index contributed by atoms with van der Waals surface area (Å²) in [5.74, 6) is 0.738. The first-order valence-corrected chi connectivity index (χ1v) is 7.04. The van der Waals surface area contributed by atoms with Crippen molar-refractivity contribution in [2.24, 2.45) is 5.92 Å². The Bertz CT molecular complexity index is 444.